The van der Waals surface area contributed by atoms with Crippen LogP contribution < -0.4 is 5.73 Å². The van der Waals surface area contributed by atoms with E-state index in [-0.39, 0.29) is 16.5 Å². The Kier molecular flexibility index (Phi) is 3.10. The molecule has 2 nitrogen and oxygen atoms in total. The molecule has 92 valence electrons. The lowest BCUT2D eigenvalue weighted by atomic mass is 10.0. The van der Waals surface area contributed by atoms with Gasteiger partial charge in [0.15, 0.2) is 5.13 Å². The first kappa shape index (κ1) is 13.1. The van der Waals surface area contributed by atoms with E-state index in [0.717, 1.165) is 6.92 Å². The Labute approximate surface area is 90.1 Å². The third-order valence-corrected chi connectivity index (χ3v) is 2.95. The number of thiazole rings is 1. The van der Waals surface area contributed by atoms with Crippen molar-refractivity contribution in [3.63, 3.8) is 0 Å². The van der Waals surface area contributed by atoms with Crippen LogP contribution in [0.4, 0.5) is 31.5 Å². The number of halogens is 6. The highest BCUT2D eigenvalue weighted by molar-refractivity contribution is 7.15. The summed E-state index contributed by atoms with van der Waals surface area (Å²) >= 11 is 0.0682. The molecule has 2 N–H and O–H groups in total. The van der Waals surface area contributed by atoms with Crippen molar-refractivity contribution in [3.8, 4) is 0 Å². The van der Waals surface area contributed by atoms with Crippen LogP contribution in [0.2, 0.25) is 0 Å². The van der Waals surface area contributed by atoms with Crippen LogP contribution in [-0.2, 0) is 5.67 Å². The van der Waals surface area contributed by atoms with Crippen LogP contribution >= 0.6 is 11.3 Å². The second kappa shape index (κ2) is 3.79. The van der Waals surface area contributed by atoms with Crippen molar-refractivity contribution in [1.82, 2.24) is 4.98 Å². The average molecular weight is 264 g/mol. The smallest absolute Gasteiger partial charge is 0.375 e. The Bertz CT molecular complexity index is 387. The summed E-state index contributed by atoms with van der Waals surface area (Å²) in [5, 5.41) is -0.389. The molecule has 0 radical (unpaired) electrons. The molecular weight excluding hydrogens is 258 g/mol. The van der Waals surface area contributed by atoms with Crippen molar-refractivity contribution in [2.24, 2.45) is 0 Å². The van der Waals surface area contributed by atoms with Crippen LogP contribution in [0.15, 0.2) is 0 Å². The molecule has 1 unspecified atom stereocenters. The number of nitrogen functional groups attached to an aromatic ring is 1. The molecular formula is C7H6F6N2S. The first-order chi connectivity index (χ1) is 7.10. The van der Waals surface area contributed by atoms with E-state index in [4.69, 9.17) is 5.73 Å². The van der Waals surface area contributed by atoms with Crippen LogP contribution in [0, 0.1) is 6.92 Å². The van der Waals surface area contributed by atoms with Crippen molar-refractivity contribution in [1.29, 1.82) is 0 Å². The summed E-state index contributed by atoms with van der Waals surface area (Å²) in [5.74, 6) is 0. The zero-order valence-corrected chi connectivity index (χ0v) is 8.59. The lowest BCUT2D eigenvalue weighted by Crippen LogP contribution is -2.44. The zero-order valence-electron chi connectivity index (χ0n) is 7.78. The molecule has 1 atom stereocenters. The van der Waals surface area contributed by atoms with Gasteiger partial charge in [-0.1, -0.05) is 11.3 Å². The number of aromatic nitrogens is 1. The van der Waals surface area contributed by atoms with Gasteiger partial charge in [0.1, 0.15) is 0 Å². The van der Waals surface area contributed by atoms with E-state index in [1.807, 2.05) is 0 Å². The molecule has 0 fully saturated rings. The second-order valence-corrected chi connectivity index (χ2v) is 4.01. The fourth-order valence-corrected chi connectivity index (χ4v) is 2.04. The van der Waals surface area contributed by atoms with E-state index in [1.165, 1.54) is 0 Å². The molecule has 0 aliphatic carbocycles. The largest absolute Gasteiger partial charge is 0.433 e. The summed E-state index contributed by atoms with van der Waals surface area (Å²) in [5.41, 5.74) is -0.152. The third kappa shape index (κ3) is 1.83. The highest BCUT2D eigenvalue weighted by Crippen LogP contribution is 2.50. The summed E-state index contributed by atoms with van der Waals surface area (Å²) in [4.78, 5) is 2.09. The molecule has 0 saturated heterocycles. The Morgan fingerprint density at radius 1 is 1.25 bits per heavy atom. The quantitative estimate of drug-likeness (QED) is 0.834. The van der Waals surface area contributed by atoms with Crippen LogP contribution in [0.5, 0.6) is 0 Å². The molecule has 0 aromatic carbocycles. The first-order valence-corrected chi connectivity index (χ1v) is 4.69. The lowest BCUT2D eigenvalue weighted by Gasteiger charge is -2.26. The van der Waals surface area contributed by atoms with Crippen molar-refractivity contribution < 1.29 is 26.3 Å². The van der Waals surface area contributed by atoms with Crippen molar-refractivity contribution in [3.05, 3.63) is 10.6 Å². The third-order valence-electron chi connectivity index (χ3n) is 1.86. The molecule has 1 aromatic heterocycles. The van der Waals surface area contributed by atoms with Crippen molar-refractivity contribution in [2.75, 3.05) is 5.73 Å². The van der Waals surface area contributed by atoms with Gasteiger partial charge in [0.05, 0.1) is 10.6 Å². The first-order valence-electron chi connectivity index (χ1n) is 3.88. The minimum Gasteiger partial charge on any atom is -0.375 e. The van der Waals surface area contributed by atoms with Crippen LogP contribution in [0.3, 0.4) is 0 Å². The Balaban J connectivity index is 3.39. The van der Waals surface area contributed by atoms with Gasteiger partial charge in [-0.15, -0.1) is 0 Å². The summed E-state index contributed by atoms with van der Waals surface area (Å²) in [6.45, 7) is 0.991. The van der Waals surface area contributed by atoms with Crippen LogP contribution in [-0.4, -0.2) is 17.6 Å². The second-order valence-electron chi connectivity index (χ2n) is 2.98. The standard InChI is InChI=1S/C7H6F6N2S/c1-2-3(16-5(14)15-2)6(10,4(8)9)7(11,12)13/h4H,1H3,(H2,14,15). The number of hydrogen-bond acceptors (Lipinski definition) is 3. The van der Waals surface area contributed by atoms with Gasteiger partial charge >= 0.3 is 11.8 Å². The molecule has 0 aliphatic heterocycles. The van der Waals surface area contributed by atoms with Gasteiger partial charge in [0.2, 0.25) is 0 Å². The molecule has 0 spiro atoms. The maximum atomic E-state index is 13.5. The monoisotopic (exact) mass is 264 g/mol. The van der Waals surface area contributed by atoms with E-state index in [2.05, 4.69) is 4.98 Å². The van der Waals surface area contributed by atoms with E-state index < -0.39 is 28.8 Å². The van der Waals surface area contributed by atoms with E-state index in [0.29, 0.717) is 0 Å². The molecule has 1 aromatic rings. The number of alkyl halides is 6. The SMILES string of the molecule is Cc1nc(N)sc1C(F)(C(F)F)C(F)(F)F. The van der Waals surface area contributed by atoms with Crippen LogP contribution in [0.1, 0.15) is 10.6 Å². The van der Waals surface area contributed by atoms with E-state index in [1.54, 1.807) is 0 Å². The summed E-state index contributed by atoms with van der Waals surface area (Å²) in [7, 11) is 0. The fourth-order valence-electron chi connectivity index (χ4n) is 1.11. The topological polar surface area (TPSA) is 38.9 Å². The Hall–Kier alpha value is -0.990. The molecule has 16 heavy (non-hydrogen) atoms. The minimum absolute atomic E-state index is 0.0682. The lowest BCUT2D eigenvalue weighted by molar-refractivity contribution is -0.273. The van der Waals surface area contributed by atoms with Crippen LogP contribution in [0.25, 0.3) is 0 Å². The van der Waals surface area contributed by atoms with Crippen molar-refractivity contribution >= 4 is 16.5 Å². The predicted molar refractivity (Wildman–Crippen MR) is 46.1 cm³/mol. The van der Waals surface area contributed by atoms with Gasteiger partial charge in [0, 0.05) is 0 Å². The zero-order chi connectivity index (χ0) is 12.7. The van der Waals surface area contributed by atoms with E-state index in [9.17, 15) is 26.3 Å². The number of aryl methyl sites for hydroxylation is 1. The van der Waals surface area contributed by atoms with Gasteiger partial charge in [-0.3, -0.25) is 0 Å². The summed E-state index contributed by atoms with van der Waals surface area (Å²) in [6, 6.07) is 0. The summed E-state index contributed by atoms with van der Waals surface area (Å²) < 4.78 is 75.0. The van der Waals surface area contributed by atoms with Crippen molar-refractivity contribution in [2.45, 2.75) is 25.2 Å². The normalized spacial score (nSPS) is 16.5. The summed E-state index contributed by atoms with van der Waals surface area (Å²) in [6.07, 6.45) is -9.95. The van der Waals surface area contributed by atoms with E-state index >= 15 is 0 Å². The highest BCUT2D eigenvalue weighted by Gasteiger charge is 2.65. The molecule has 0 bridgehead atoms. The molecule has 9 heteroatoms. The van der Waals surface area contributed by atoms with Gasteiger partial charge < -0.3 is 5.73 Å². The fraction of sp³-hybridized carbons (Fsp3) is 0.571. The molecule has 1 heterocycles. The van der Waals surface area contributed by atoms with Gasteiger partial charge in [0.25, 0.3) is 6.43 Å². The predicted octanol–water partition coefficient (Wildman–Crippen LogP) is 3.03. The molecule has 1 rings (SSSR count). The number of nitrogens with two attached hydrogens (primary N) is 1. The number of hydrogen-bond donors (Lipinski definition) is 1. The van der Waals surface area contributed by atoms with Gasteiger partial charge in [-0.2, -0.15) is 13.2 Å². The average Bonchev–Trinajstić information content (AvgIpc) is 2.41. The molecule has 0 aliphatic rings. The maximum absolute atomic E-state index is 13.5. The van der Waals surface area contributed by atoms with Gasteiger partial charge in [-0.25, -0.2) is 18.2 Å². The van der Waals surface area contributed by atoms with Gasteiger partial charge in [-0.05, 0) is 6.92 Å². The minimum atomic E-state index is -5.72. The molecule has 0 saturated carbocycles. The molecule has 0 amide bonds. The Morgan fingerprint density at radius 2 is 1.75 bits per heavy atom. The Morgan fingerprint density at radius 3 is 2.00 bits per heavy atom. The highest BCUT2D eigenvalue weighted by atomic mass is 32.1. The number of nitrogens with zero attached hydrogens (tertiary/aromatic N) is 1. The number of rotatable bonds is 2. The number of anilines is 1. The maximum Gasteiger partial charge on any atom is 0.433 e.